The van der Waals surface area contributed by atoms with Crippen LogP contribution in [0.1, 0.15) is 32.2 Å². The fourth-order valence-electron chi connectivity index (χ4n) is 2.62. The highest BCUT2D eigenvalue weighted by Crippen LogP contribution is 2.18. The van der Waals surface area contributed by atoms with Gasteiger partial charge in [-0.3, -0.25) is 14.0 Å². The summed E-state index contributed by atoms with van der Waals surface area (Å²) in [6.07, 6.45) is 5.24. The van der Waals surface area contributed by atoms with Crippen LogP contribution in [0.3, 0.4) is 0 Å². The molecule has 0 atom stereocenters. The Kier molecular flexibility index (Phi) is 4.47. The number of amides is 2. The van der Waals surface area contributed by atoms with Crippen molar-refractivity contribution in [3.63, 3.8) is 0 Å². The average molecular weight is 380 g/mol. The number of aryl methyl sites for hydroxylation is 1. The number of nitrogens with one attached hydrogen (secondary N) is 2. The van der Waals surface area contributed by atoms with Gasteiger partial charge in [0.15, 0.2) is 10.7 Å². The number of benzene rings is 1. The molecule has 0 saturated heterocycles. The van der Waals surface area contributed by atoms with E-state index in [0.29, 0.717) is 17.8 Å². The molecule has 3 aromatic heterocycles. The van der Waals surface area contributed by atoms with Crippen LogP contribution in [0, 0.1) is 6.92 Å². The summed E-state index contributed by atoms with van der Waals surface area (Å²) < 4.78 is 7.01. The second-order valence-corrected chi connectivity index (χ2v) is 6.84. The molecule has 3 heterocycles. The number of anilines is 1. The van der Waals surface area contributed by atoms with Crippen molar-refractivity contribution >= 4 is 33.8 Å². The molecule has 0 radical (unpaired) electrons. The maximum absolute atomic E-state index is 12.5. The first-order valence-electron chi connectivity index (χ1n) is 8.25. The van der Waals surface area contributed by atoms with E-state index in [9.17, 15) is 9.59 Å². The molecule has 0 aliphatic rings. The molecule has 0 saturated carbocycles. The average Bonchev–Trinajstić information content (AvgIpc) is 3.38. The molecule has 7 nitrogen and oxygen atoms in total. The van der Waals surface area contributed by atoms with Gasteiger partial charge in [0.25, 0.3) is 11.8 Å². The molecule has 0 aliphatic carbocycles. The topological polar surface area (TPSA) is 88.6 Å². The molecule has 2 N–H and O–H groups in total. The third-order valence-corrected chi connectivity index (χ3v) is 4.84. The van der Waals surface area contributed by atoms with E-state index >= 15 is 0 Å². The number of hydrogen-bond donors (Lipinski definition) is 2. The van der Waals surface area contributed by atoms with E-state index < -0.39 is 0 Å². The lowest BCUT2D eigenvalue weighted by Crippen LogP contribution is -2.23. The number of imidazole rings is 1. The molecule has 1 aromatic carbocycles. The van der Waals surface area contributed by atoms with E-state index in [1.54, 1.807) is 30.3 Å². The number of furan rings is 1. The fourth-order valence-corrected chi connectivity index (χ4v) is 3.34. The third kappa shape index (κ3) is 3.61. The van der Waals surface area contributed by atoms with Gasteiger partial charge in [-0.25, -0.2) is 4.98 Å². The summed E-state index contributed by atoms with van der Waals surface area (Å²) >= 11 is 1.54. The number of carbonyl (C=O) groups excluding carboxylic acids is 2. The van der Waals surface area contributed by atoms with Gasteiger partial charge in [-0.1, -0.05) is 6.07 Å². The summed E-state index contributed by atoms with van der Waals surface area (Å²) in [5.74, 6) is -0.386. The van der Waals surface area contributed by atoms with Crippen molar-refractivity contribution in [2.24, 2.45) is 0 Å². The second-order valence-electron chi connectivity index (χ2n) is 5.97. The molecule has 4 aromatic rings. The summed E-state index contributed by atoms with van der Waals surface area (Å²) in [6, 6.07) is 8.39. The second kappa shape index (κ2) is 7.08. The van der Waals surface area contributed by atoms with E-state index in [4.69, 9.17) is 4.42 Å². The van der Waals surface area contributed by atoms with Crippen LogP contribution in [-0.4, -0.2) is 21.2 Å². The van der Waals surface area contributed by atoms with Gasteiger partial charge in [0, 0.05) is 29.0 Å². The molecule has 0 bridgehead atoms. The van der Waals surface area contributed by atoms with Gasteiger partial charge in [0.1, 0.15) is 0 Å². The van der Waals surface area contributed by atoms with Crippen LogP contribution in [0.25, 0.3) is 4.96 Å². The van der Waals surface area contributed by atoms with Crippen molar-refractivity contribution < 1.29 is 14.0 Å². The number of rotatable bonds is 5. The Morgan fingerprint density at radius 3 is 2.93 bits per heavy atom. The smallest absolute Gasteiger partial charge is 0.291 e. The van der Waals surface area contributed by atoms with Crippen molar-refractivity contribution in [2.45, 2.75) is 13.5 Å². The number of aromatic nitrogens is 2. The van der Waals surface area contributed by atoms with Crippen LogP contribution in [0.4, 0.5) is 5.69 Å². The van der Waals surface area contributed by atoms with Gasteiger partial charge < -0.3 is 15.1 Å². The van der Waals surface area contributed by atoms with Crippen molar-refractivity contribution in [1.82, 2.24) is 14.7 Å². The Bertz CT molecular complexity index is 1080. The van der Waals surface area contributed by atoms with Crippen molar-refractivity contribution in [3.05, 3.63) is 76.9 Å². The van der Waals surface area contributed by atoms with Gasteiger partial charge in [0.05, 0.1) is 18.5 Å². The maximum Gasteiger partial charge on any atom is 0.291 e. The van der Waals surface area contributed by atoms with E-state index in [1.165, 1.54) is 17.6 Å². The monoisotopic (exact) mass is 380 g/mol. The zero-order valence-corrected chi connectivity index (χ0v) is 15.2. The summed E-state index contributed by atoms with van der Waals surface area (Å²) in [4.78, 5) is 30.0. The van der Waals surface area contributed by atoms with E-state index in [2.05, 4.69) is 15.6 Å². The maximum atomic E-state index is 12.5. The molecular weight excluding hydrogens is 364 g/mol. The van der Waals surface area contributed by atoms with Crippen LogP contribution in [0.5, 0.6) is 0 Å². The molecular formula is C19H16N4O3S. The Morgan fingerprint density at radius 1 is 1.26 bits per heavy atom. The standard InChI is InChI=1S/C19H16N4O3S/c1-12-4-5-13(9-15(12)22-18(25)16-3-2-7-26-16)17(24)20-10-14-11-23-6-8-27-19(23)21-14/h2-9,11H,10H2,1H3,(H,20,24)(H,22,25). The largest absolute Gasteiger partial charge is 0.459 e. The number of carbonyl (C=O) groups is 2. The Hall–Kier alpha value is -3.39. The third-order valence-electron chi connectivity index (χ3n) is 4.07. The molecule has 27 heavy (non-hydrogen) atoms. The minimum atomic E-state index is -0.362. The zero-order valence-electron chi connectivity index (χ0n) is 14.4. The SMILES string of the molecule is Cc1ccc(C(=O)NCc2cn3ccsc3n2)cc1NC(=O)c1ccco1. The predicted octanol–water partition coefficient (Wildman–Crippen LogP) is 3.48. The van der Waals surface area contributed by atoms with E-state index in [-0.39, 0.29) is 17.6 Å². The Morgan fingerprint density at radius 2 is 2.15 bits per heavy atom. The lowest BCUT2D eigenvalue weighted by Gasteiger charge is -2.10. The molecule has 2 amide bonds. The molecule has 0 fully saturated rings. The molecule has 8 heteroatoms. The quantitative estimate of drug-likeness (QED) is 0.555. The lowest BCUT2D eigenvalue weighted by molar-refractivity contribution is 0.0948. The summed E-state index contributed by atoms with van der Waals surface area (Å²) in [7, 11) is 0. The number of fused-ring (bicyclic) bond motifs is 1. The van der Waals surface area contributed by atoms with Crippen LogP contribution < -0.4 is 10.6 Å². The van der Waals surface area contributed by atoms with Crippen molar-refractivity contribution in [2.75, 3.05) is 5.32 Å². The summed E-state index contributed by atoms with van der Waals surface area (Å²) in [6.45, 7) is 2.19. The van der Waals surface area contributed by atoms with E-state index in [0.717, 1.165) is 16.2 Å². The van der Waals surface area contributed by atoms with Gasteiger partial charge in [-0.15, -0.1) is 11.3 Å². The van der Waals surface area contributed by atoms with Crippen LogP contribution in [0.2, 0.25) is 0 Å². The Balaban J connectivity index is 1.45. The van der Waals surface area contributed by atoms with Crippen LogP contribution >= 0.6 is 11.3 Å². The number of nitrogens with zero attached hydrogens (tertiary/aromatic N) is 2. The number of thiazole rings is 1. The minimum absolute atomic E-state index is 0.212. The summed E-state index contributed by atoms with van der Waals surface area (Å²) in [5.41, 5.74) is 2.65. The highest BCUT2D eigenvalue weighted by atomic mass is 32.1. The minimum Gasteiger partial charge on any atom is -0.459 e. The highest BCUT2D eigenvalue weighted by molar-refractivity contribution is 7.15. The van der Waals surface area contributed by atoms with Crippen LogP contribution in [-0.2, 0) is 6.54 Å². The first-order chi connectivity index (χ1) is 13.1. The molecule has 4 rings (SSSR count). The molecule has 136 valence electrons. The van der Waals surface area contributed by atoms with Gasteiger partial charge in [-0.05, 0) is 36.8 Å². The number of hydrogen-bond acceptors (Lipinski definition) is 5. The summed E-state index contributed by atoms with van der Waals surface area (Å²) in [5, 5.41) is 7.58. The fraction of sp³-hybridized carbons (Fsp3) is 0.105. The first kappa shape index (κ1) is 17.0. The zero-order chi connectivity index (χ0) is 18.8. The van der Waals surface area contributed by atoms with Gasteiger partial charge in [-0.2, -0.15) is 0 Å². The van der Waals surface area contributed by atoms with Gasteiger partial charge in [0.2, 0.25) is 0 Å². The van der Waals surface area contributed by atoms with Crippen LogP contribution in [0.15, 0.2) is 58.8 Å². The molecule has 0 unspecified atom stereocenters. The van der Waals surface area contributed by atoms with Crippen molar-refractivity contribution in [3.8, 4) is 0 Å². The highest BCUT2D eigenvalue weighted by Gasteiger charge is 2.13. The Labute approximate surface area is 158 Å². The molecule has 0 aliphatic heterocycles. The molecule has 0 spiro atoms. The van der Waals surface area contributed by atoms with Crippen molar-refractivity contribution in [1.29, 1.82) is 0 Å². The first-order valence-corrected chi connectivity index (χ1v) is 9.13. The predicted molar refractivity (Wildman–Crippen MR) is 102 cm³/mol. The van der Waals surface area contributed by atoms with E-state index in [1.807, 2.05) is 29.1 Å². The van der Waals surface area contributed by atoms with Gasteiger partial charge >= 0.3 is 0 Å². The normalized spacial score (nSPS) is 10.9. The lowest BCUT2D eigenvalue weighted by atomic mass is 10.1.